The average Bonchev–Trinajstić information content (AvgIpc) is 2.59. The highest BCUT2D eigenvalue weighted by Gasteiger charge is 2.35. The van der Waals surface area contributed by atoms with Gasteiger partial charge in [0.15, 0.2) is 6.61 Å². The number of carbonyl (C=O) groups excluding carboxylic acids is 1. The molecule has 2 fully saturated rings. The molecule has 2 atom stereocenters. The smallest absolute Gasteiger partial charge is 0.260 e. The van der Waals surface area contributed by atoms with E-state index in [9.17, 15) is 4.79 Å². The van der Waals surface area contributed by atoms with Crippen molar-refractivity contribution in [1.29, 1.82) is 5.26 Å². The van der Waals surface area contributed by atoms with Crippen molar-refractivity contribution in [2.45, 2.75) is 44.6 Å². The quantitative estimate of drug-likeness (QED) is 0.861. The molecule has 0 bridgehead atoms. The number of nitrogens with zero attached hydrogens (tertiary/aromatic N) is 2. The Morgan fingerprint density at radius 1 is 1.18 bits per heavy atom. The number of nitriles is 1. The lowest BCUT2D eigenvalue weighted by Crippen LogP contribution is -2.51. The molecule has 1 aliphatic heterocycles. The Morgan fingerprint density at radius 2 is 1.91 bits per heavy atom. The highest BCUT2D eigenvalue weighted by atomic mass is 16.5. The highest BCUT2D eigenvalue weighted by molar-refractivity contribution is 5.78. The summed E-state index contributed by atoms with van der Waals surface area (Å²) in [4.78, 5) is 14.6. The summed E-state index contributed by atoms with van der Waals surface area (Å²) in [6.07, 6.45) is 7.35. The fourth-order valence-corrected chi connectivity index (χ4v) is 3.79. The van der Waals surface area contributed by atoms with Crippen LogP contribution in [0, 0.1) is 17.2 Å². The third kappa shape index (κ3) is 3.24. The SMILES string of the molecule is N#Cc1ccc(OCC(=O)N2CCCC3CCCCC32)cc1. The maximum Gasteiger partial charge on any atom is 0.260 e. The van der Waals surface area contributed by atoms with E-state index in [2.05, 4.69) is 11.0 Å². The van der Waals surface area contributed by atoms with E-state index in [4.69, 9.17) is 10.00 Å². The second kappa shape index (κ2) is 6.83. The molecule has 0 spiro atoms. The molecule has 1 saturated carbocycles. The van der Waals surface area contributed by atoms with Crippen LogP contribution in [0.4, 0.5) is 0 Å². The van der Waals surface area contributed by atoms with Crippen LogP contribution in [0.1, 0.15) is 44.1 Å². The van der Waals surface area contributed by atoms with Gasteiger partial charge in [0.05, 0.1) is 11.6 Å². The lowest BCUT2D eigenvalue weighted by Gasteiger charge is -2.44. The van der Waals surface area contributed by atoms with Crippen LogP contribution in [0.2, 0.25) is 0 Å². The summed E-state index contributed by atoms with van der Waals surface area (Å²) in [5.74, 6) is 1.44. The predicted octanol–water partition coefficient (Wildman–Crippen LogP) is 3.12. The fraction of sp³-hybridized carbons (Fsp3) is 0.556. The van der Waals surface area contributed by atoms with Crippen molar-refractivity contribution in [1.82, 2.24) is 4.90 Å². The Balaban J connectivity index is 1.57. The molecule has 2 unspecified atom stereocenters. The first-order chi connectivity index (χ1) is 10.8. The maximum absolute atomic E-state index is 12.5. The second-order valence-corrected chi connectivity index (χ2v) is 6.27. The van der Waals surface area contributed by atoms with Gasteiger partial charge in [0.25, 0.3) is 5.91 Å². The summed E-state index contributed by atoms with van der Waals surface area (Å²) >= 11 is 0. The molecular formula is C18H22N2O2. The van der Waals surface area contributed by atoms with Crippen molar-refractivity contribution in [3.05, 3.63) is 29.8 Å². The Bertz CT molecular complexity index is 559. The molecule has 116 valence electrons. The van der Waals surface area contributed by atoms with Crippen molar-refractivity contribution in [3.63, 3.8) is 0 Å². The van der Waals surface area contributed by atoms with Gasteiger partial charge in [-0.25, -0.2) is 0 Å². The minimum absolute atomic E-state index is 0.0924. The van der Waals surface area contributed by atoms with E-state index in [0.717, 1.165) is 19.4 Å². The number of amides is 1. The number of fused-ring (bicyclic) bond motifs is 1. The monoisotopic (exact) mass is 298 g/mol. The number of ether oxygens (including phenoxy) is 1. The lowest BCUT2D eigenvalue weighted by molar-refractivity contribution is -0.139. The second-order valence-electron chi connectivity index (χ2n) is 6.27. The van der Waals surface area contributed by atoms with Crippen molar-refractivity contribution < 1.29 is 9.53 Å². The fourth-order valence-electron chi connectivity index (χ4n) is 3.79. The first kappa shape index (κ1) is 14.9. The Labute approximate surface area is 131 Å². The van der Waals surface area contributed by atoms with Crippen molar-refractivity contribution in [2.24, 2.45) is 5.92 Å². The van der Waals surface area contributed by atoms with Crippen molar-refractivity contribution in [2.75, 3.05) is 13.2 Å². The maximum atomic E-state index is 12.5. The van der Waals surface area contributed by atoms with Gasteiger partial charge in [0.1, 0.15) is 5.75 Å². The van der Waals surface area contributed by atoms with Crippen LogP contribution in [0.5, 0.6) is 5.75 Å². The van der Waals surface area contributed by atoms with E-state index < -0.39 is 0 Å². The molecule has 1 aromatic carbocycles. The molecule has 1 amide bonds. The Kier molecular flexibility index (Phi) is 4.62. The number of carbonyl (C=O) groups is 1. The van der Waals surface area contributed by atoms with Gasteiger partial charge < -0.3 is 9.64 Å². The molecule has 4 nitrogen and oxygen atoms in total. The Hall–Kier alpha value is -2.02. The van der Waals surface area contributed by atoms with Crippen LogP contribution < -0.4 is 4.74 Å². The topological polar surface area (TPSA) is 53.3 Å². The molecule has 3 rings (SSSR count). The van der Waals surface area contributed by atoms with Gasteiger partial charge >= 0.3 is 0 Å². The molecule has 2 aliphatic rings. The van der Waals surface area contributed by atoms with Crippen LogP contribution in [0.3, 0.4) is 0 Å². The van der Waals surface area contributed by atoms with Gasteiger partial charge in [0, 0.05) is 12.6 Å². The number of hydrogen-bond acceptors (Lipinski definition) is 3. The summed E-state index contributed by atoms with van der Waals surface area (Å²) in [6, 6.07) is 9.40. The van der Waals surface area contributed by atoms with Crippen LogP contribution in [-0.2, 0) is 4.79 Å². The summed E-state index contributed by atoms with van der Waals surface area (Å²) < 4.78 is 5.60. The first-order valence-corrected chi connectivity index (χ1v) is 8.20. The molecule has 22 heavy (non-hydrogen) atoms. The summed E-state index contributed by atoms with van der Waals surface area (Å²) in [6.45, 7) is 0.964. The van der Waals surface area contributed by atoms with Gasteiger partial charge in [0.2, 0.25) is 0 Å². The third-order valence-electron chi connectivity index (χ3n) is 4.91. The van der Waals surface area contributed by atoms with E-state index in [1.54, 1.807) is 24.3 Å². The van der Waals surface area contributed by atoms with Crippen molar-refractivity contribution >= 4 is 5.91 Å². The molecule has 0 aromatic heterocycles. The minimum atomic E-state index is 0.0924. The van der Waals surface area contributed by atoms with E-state index in [1.165, 1.54) is 25.7 Å². The minimum Gasteiger partial charge on any atom is -0.484 e. The summed E-state index contributed by atoms with van der Waals surface area (Å²) in [5, 5.41) is 8.78. The molecule has 1 aliphatic carbocycles. The number of likely N-dealkylation sites (tertiary alicyclic amines) is 1. The first-order valence-electron chi connectivity index (χ1n) is 8.20. The van der Waals surface area contributed by atoms with Crippen LogP contribution in [0.25, 0.3) is 0 Å². The lowest BCUT2D eigenvalue weighted by atomic mass is 9.78. The van der Waals surface area contributed by atoms with Gasteiger partial charge in [-0.3, -0.25) is 4.79 Å². The third-order valence-corrected chi connectivity index (χ3v) is 4.91. The van der Waals surface area contributed by atoms with Gasteiger partial charge in [-0.05, 0) is 55.9 Å². The molecule has 4 heteroatoms. The molecule has 1 saturated heterocycles. The summed E-state index contributed by atoms with van der Waals surface area (Å²) in [7, 11) is 0. The normalized spacial score (nSPS) is 24.2. The Morgan fingerprint density at radius 3 is 2.68 bits per heavy atom. The highest BCUT2D eigenvalue weighted by Crippen LogP contribution is 2.35. The zero-order valence-electron chi connectivity index (χ0n) is 12.8. The van der Waals surface area contributed by atoms with Crippen LogP contribution >= 0.6 is 0 Å². The van der Waals surface area contributed by atoms with E-state index >= 15 is 0 Å². The van der Waals surface area contributed by atoms with E-state index in [1.807, 2.05) is 0 Å². The number of rotatable bonds is 3. The predicted molar refractivity (Wildman–Crippen MR) is 83.3 cm³/mol. The summed E-state index contributed by atoms with van der Waals surface area (Å²) in [5.41, 5.74) is 0.597. The van der Waals surface area contributed by atoms with Gasteiger partial charge in [-0.1, -0.05) is 12.8 Å². The number of piperidine rings is 1. The zero-order valence-corrected chi connectivity index (χ0v) is 12.8. The molecular weight excluding hydrogens is 276 g/mol. The molecule has 0 radical (unpaired) electrons. The standard InChI is InChI=1S/C18H22N2O2/c19-12-14-7-9-16(10-8-14)22-13-18(21)20-11-3-5-15-4-1-2-6-17(15)20/h7-10,15,17H,1-6,11,13H2. The average molecular weight is 298 g/mol. The number of benzene rings is 1. The van der Waals surface area contributed by atoms with E-state index in [-0.39, 0.29) is 12.5 Å². The zero-order chi connectivity index (χ0) is 15.4. The van der Waals surface area contributed by atoms with Gasteiger partial charge in [-0.2, -0.15) is 5.26 Å². The van der Waals surface area contributed by atoms with E-state index in [0.29, 0.717) is 23.3 Å². The van der Waals surface area contributed by atoms with Crippen LogP contribution in [-0.4, -0.2) is 30.0 Å². The van der Waals surface area contributed by atoms with Crippen LogP contribution in [0.15, 0.2) is 24.3 Å². The molecule has 0 N–H and O–H groups in total. The van der Waals surface area contributed by atoms with Gasteiger partial charge in [-0.15, -0.1) is 0 Å². The molecule has 1 heterocycles. The van der Waals surface area contributed by atoms with Crippen molar-refractivity contribution in [3.8, 4) is 11.8 Å². The number of hydrogen-bond donors (Lipinski definition) is 0. The molecule has 1 aromatic rings. The largest absolute Gasteiger partial charge is 0.484 e.